The molecule has 1 atom stereocenters. The Morgan fingerprint density at radius 3 is 2.74 bits per heavy atom. The third kappa shape index (κ3) is 5.33. The van der Waals surface area contributed by atoms with Gasteiger partial charge in [-0.15, -0.1) is 0 Å². The van der Waals surface area contributed by atoms with E-state index < -0.39 is 22.6 Å². The van der Waals surface area contributed by atoms with Crippen molar-refractivity contribution in [2.45, 2.75) is 56.4 Å². The van der Waals surface area contributed by atoms with Gasteiger partial charge in [-0.2, -0.15) is 0 Å². The van der Waals surface area contributed by atoms with E-state index in [9.17, 15) is 18.0 Å². The van der Waals surface area contributed by atoms with Crippen LogP contribution in [0, 0.1) is 0 Å². The van der Waals surface area contributed by atoms with E-state index in [-0.39, 0.29) is 22.4 Å². The summed E-state index contributed by atoms with van der Waals surface area (Å²) in [6.45, 7) is 1.95. The second-order valence-electron chi connectivity index (χ2n) is 8.79. The summed E-state index contributed by atoms with van der Waals surface area (Å²) in [4.78, 5) is 24.6. The molecular weight excluding hydrogens is 452 g/mol. The van der Waals surface area contributed by atoms with Crippen LogP contribution in [0.5, 0.6) is 0 Å². The van der Waals surface area contributed by atoms with Crippen molar-refractivity contribution in [1.82, 2.24) is 5.32 Å². The topological polar surface area (TPSA) is 92.8 Å². The van der Waals surface area contributed by atoms with Crippen molar-refractivity contribution < 1.29 is 22.7 Å². The summed E-state index contributed by atoms with van der Waals surface area (Å²) in [5, 5.41) is 2.76. The summed E-state index contributed by atoms with van der Waals surface area (Å²) in [5.74, 6) is -1.12. The zero-order valence-corrected chi connectivity index (χ0v) is 20.1. The smallest absolute Gasteiger partial charge is 0.338 e. The number of carbonyl (C=O) groups is 2. The number of benzene rings is 2. The van der Waals surface area contributed by atoms with Crippen LogP contribution < -0.4 is 9.62 Å². The van der Waals surface area contributed by atoms with Crippen molar-refractivity contribution in [3.05, 3.63) is 71.3 Å². The largest absolute Gasteiger partial charge is 0.452 e. The van der Waals surface area contributed by atoms with Gasteiger partial charge in [0.2, 0.25) is 0 Å². The second-order valence-corrected chi connectivity index (χ2v) is 10.6. The lowest BCUT2D eigenvalue weighted by Gasteiger charge is -2.24. The molecule has 0 spiro atoms. The van der Waals surface area contributed by atoms with Gasteiger partial charge in [-0.1, -0.05) is 35.9 Å². The molecule has 0 radical (unpaired) electrons. The Kier molecular flexibility index (Phi) is 7.36. The highest BCUT2D eigenvalue weighted by atomic mass is 32.2. The molecule has 8 heteroatoms. The van der Waals surface area contributed by atoms with Gasteiger partial charge in [0.05, 0.1) is 16.1 Å². The first-order valence-corrected chi connectivity index (χ1v) is 13.1. The number of rotatable bonds is 8. The molecule has 1 heterocycles. The Hall–Kier alpha value is -3.13. The van der Waals surface area contributed by atoms with Gasteiger partial charge in [-0.3, -0.25) is 9.10 Å². The second kappa shape index (κ2) is 10.4. The summed E-state index contributed by atoms with van der Waals surface area (Å²) in [6.07, 6.45) is 8.25. The first-order chi connectivity index (χ1) is 16.4. The first-order valence-electron chi connectivity index (χ1n) is 11.7. The fourth-order valence-corrected chi connectivity index (χ4v) is 6.30. The van der Waals surface area contributed by atoms with Crippen LogP contribution in [0.2, 0.25) is 0 Å². The van der Waals surface area contributed by atoms with Crippen molar-refractivity contribution in [3.63, 3.8) is 0 Å². The Labute approximate surface area is 200 Å². The molecular formula is C26H30N2O5S. The minimum atomic E-state index is -3.87. The maximum atomic E-state index is 13.4. The molecule has 1 aliphatic heterocycles. The lowest BCUT2D eigenvalue weighted by molar-refractivity contribution is -0.124. The SMILES string of the molecule is C[C@@H]1Cc2ccccc2N1S(=O)(=O)c1cccc(C(=O)OCC(=O)NCCC2=CCCCC2)c1. The Morgan fingerprint density at radius 1 is 1.12 bits per heavy atom. The van der Waals surface area contributed by atoms with Crippen LogP contribution in [0.1, 0.15) is 54.9 Å². The van der Waals surface area contributed by atoms with Crippen LogP contribution in [0.3, 0.4) is 0 Å². The quantitative estimate of drug-likeness (QED) is 0.454. The molecule has 1 amide bonds. The fourth-order valence-electron chi connectivity index (χ4n) is 4.56. The number of carbonyl (C=O) groups excluding carboxylic acids is 2. The van der Waals surface area contributed by atoms with E-state index >= 15 is 0 Å². The van der Waals surface area contributed by atoms with E-state index in [1.807, 2.05) is 25.1 Å². The van der Waals surface area contributed by atoms with Gasteiger partial charge in [0, 0.05) is 12.6 Å². The number of allylic oxidation sites excluding steroid dienone is 1. The number of amides is 1. The van der Waals surface area contributed by atoms with Gasteiger partial charge < -0.3 is 10.1 Å². The third-order valence-electron chi connectivity index (χ3n) is 6.26. The number of sulfonamides is 1. The molecule has 0 saturated heterocycles. The number of esters is 1. The number of para-hydroxylation sites is 1. The molecule has 7 nitrogen and oxygen atoms in total. The summed E-state index contributed by atoms with van der Waals surface area (Å²) < 4.78 is 33.3. The summed E-state index contributed by atoms with van der Waals surface area (Å²) >= 11 is 0. The van der Waals surface area contributed by atoms with E-state index in [2.05, 4.69) is 11.4 Å². The average Bonchev–Trinajstić information content (AvgIpc) is 3.19. The lowest BCUT2D eigenvalue weighted by atomic mass is 9.97. The predicted octanol–water partition coefficient (Wildman–Crippen LogP) is 3.99. The van der Waals surface area contributed by atoms with Gasteiger partial charge >= 0.3 is 5.97 Å². The van der Waals surface area contributed by atoms with Gasteiger partial charge in [0.25, 0.3) is 15.9 Å². The van der Waals surface area contributed by atoms with E-state index in [1.165, 1.54) is 47.0 Å². The van der Waals surface area contributed by atoms with Crippen LogP contribution in [0.4, 0.5) is 5.69 Å². The molecule has 0 unspecified atom stereocenters. The highest BCUT2D eigenvalue weighted by Crippen LogP contribution is 2.36. The zero-order chi connectivity index (χ0) is 24.1. The molecule has 180 valence electrons. The standard InChI is InChI=1S/C26H30N2O5S/c1-19-16-21-10-5-6-13-24(21)28(19)34(31,32)23-12-7-11-22(17-23)26(30)33-18-25(29)27-15-14-20-8-3-2-4-9-20/h5-8,10-13,17,19H,2-4,9,14-16,18H2,1H3,(H,27,29)/t19-/m1/s1. The molecule has 1 N–H and O–H groups in total. The number of hydrogen-bond donors (Lipinski definition) is 1. The molecule has 2 aromatic rings. The van der Waals surface area contributed by atoms with Gasteiger partial charge in [-0.25, -0.2) is 13.2 Å². The maximum absolute atomic E-state index is 13.4. The monoisotopic (exact) mass is 482 g/mol. The van der Waals surface area contributed by atoms with Crippen LogP contribution in [-0.4, -0.2) is 39.5 Å². The van der Waals surface area contributed by atoms with Crippen molar-refractivity contribution in [1.29, 1.82) is 0 Å². The molecule has 0 aromatic heterocycles. The van der Waals surface area contributed by atoms with Crippen molar-refractivity contribution in [3.8, 4) is 0 Å². The van der Waals surface area contributed by atoms with Crippen molar-refractivity contribution >= 4 is 27.6 Å². The van der Waals surface area contributed by atoms with Gasteiger partial charge in [0.1, 0.15) is 0 Å². The van der Waals surface area contributed by atoms with E-state index in [1.54, 1.807) is 6.07 Å². The molecule has 0 bridgehead atoms. The third-order valence-corrected chi connectivity index (χ3v) is 8.18. The van der Waals surface area contributed by atoms with E-state index in [4.69, 9.17) is 4.74 Å². The van der Waals surface area contributed by atoms with Crippen LogP contribution in [0.15, 0.2) is 65.1 Å². The molecule has 1 aliphatic carbocycles. The minimum absolute atomic E-state index is 0.00992. The first kappa shape index (κ1) is 24.0. The molecule has 2 aromatic carbocycles. The van der Waals surface area contributed by atoms with Crippen LogP contribution >= 0.6 is 0 Å². The molecule has 0 fully saturated rings. The maximum Gasteiger partial charge on any atom is 0.338 e. The summed E-state index contributed by atoms with van der Waals surface area (Å²) in [7, 11) is -3.87. The Bertz CT molecular complexity index is 1210. The van der Waals surface area contributed by atoms with Crippen molar-refractivity contribution in [2.24, 2.45) is 0 Å². The van der Waals surface area contributed by atoms with E-state index in [0.717, 1.165) is 24.8 Å². The highest BCUT2D eigenvalue weighted by Gasteiger charge is 2.36. The van der Waals surface area contributed by atoms with Crippen LogP contribution in [0.25, 0.3) is 0 Å². The zero-order valence-electron chi connectivity index (χ0n) is 19.3. The molecule has 34 heavy (non-hydrogen) atoms. The lowest BCUT2D eigenvalue weighted by Crippen LogP contribution is -2.35. The molecule has 4 rings (SSSR count). The predicted molar refractivity (Wildman–Crippen MR) is 130 cm³/mol. The average molecular weight is 483 g/mol. The normalized spacial score (nSPS) is 17.6. The van der Waals surface area contributed by atoms with Crippen molar-refractivity contribution in [2.75, 3.05) is 17.5 Å². The van der Waals surface area contributed by atoms with Gasteiger partial charge in [0.15, 0.2) is 6.61 Å². The fraction of sp³-hybridized carbons (Fsp3) is 0.385. The number of nitrogens with zero attached hydrogens (tertiary/aromatic N) is 1. The Balaban J connectivity index is 1.37. The number of fused-ring (bicyclic) bond motifs is 1. The number of ether oxygens (including phenoxy) is 1. The number of hydrogen-bond acceptors (Lipinski definition) is 5. The summed E-state index contributed by atoms with van der Waals surface area (Å²) in [6, 6.07) is 12.9. The summed E-state index contributed by atoms with van der Waals surface area (Å²) in [5.41, 5.74) is 3.07. The van der Waals surface area contributed by atoms with Crippen LogP contribution in [-0.2, 0) is 26.0 Å². The highest BCUT2D eigenvalue weighted by molar-refractivity contribution is 7.92. The molecule has 0 saturated carbocycles. The minimum Gasteiger partial charge on any atom is -0.452 e. The number of anilines is 1. The van der Waals surface area contributed by atoms with E-state index in [0.29, 0.717) is 18.7 Å². The number of nitrogens with one attached hydrogen (secondary N) is 1. The Morgan fingerprint density at radius 2 is 1.94 bits per heavy atom. The van der Waals surface area contributed by atoms with Gasteiger partial charge in [-0.05, 0) is 75.3 Å². The molecule has 2 aliphatic rings.